The highest BCUT2D eigenvalue weighted by Gasteiger charge is 2.24. The minimum atomic E-state index is -3.58. The molecule has 10 nitrogen and oxygen atoms in total. The van der Waals surface area contributed by atoms with Crippen LogP contribution < -0.4 is 4.72 Å². The Morgan fingerprint density at radius 1 is 1.32 bits per heavy atom. The fourth-order valence-corrected chi connectivity index (χ4v) is 4.61. The summed E-state index contributed by atoms with van der Waals surface area (Å²) in [4.78, 5) is 14.4. The Morgan fingerprint density at radius 2 is 2.21 bits per heavy atom. The number of amides is 1. The van der Waals surface area contributed by atoms with Crippen LogP contribution in [0.1, 0.15) is 24.0 Å². The number of aromatic nitrogens is 4. The molecule has 4 rings (SSSR count). The van der Waals surface area contributed by atoms with Crippen LogP contribution in [-0.4, -0.2) is 65.2 Å². The third-order valence-electron chi connectivity index (χ3n) is 5.07. The Hall–Kier alpha value is -2.37. The van der Waals surface area contributed by atoms with Gasteiger partial charge in [0.15, 0.2) is 0 Å². The summed E-state index contributed by atoms with van der Waals surface area (Å²) >= 11 is 0. The van der Waals surface area contributed by atoms with Gasteiger partial charge in [0.1, 0.15) is 12.9 Å². The average molecular weight is 406 g/mol. The highest BCUT2D eigenvalue weighted by molar-refractivity contribution is 7.89. The number of nitrogens with zero attached hydrogens (tertiary/aromatic N) is 5. The molecule has 1 amide bonds. The highest BCUT2D eigenvalue weighted by Crippen LogP contribution is 2.23. The number of sulfonamides is 1. The summed E-state index contributed by atoms with van der Waals surface area (Å²) in [6.45, 7) is 2.04. The van der Waals surface area contributed by atoms with Gasteiger partial charge in [-0.15, -0.1) is 5.10 Å². The van der Waals surface area contributed by atoms with Crippen LogP contribution in [0.5, 0.6) is 0 Å². The summed E-state index contributed by atoms with van der Waals surface area (Å²) in [7, 11) is -3.58. The maximum atomic E-state index is 12.6. The van der Waals surface area contributed by atoms with Gasteiger partial charge in [0.2, 0.25) is 15.9 Å². The molecule has 0 spiro atoms. The number of ether oxygens (including phenoxy) is 1. The summed E-state index contributed by atoms with van der Waals surface area (Å²) in [6, 6.07) is 5.08. The maximum absolute atomic E-state index is 12.6. The molecule has 0 aliphatic carbocycles. The molecule has 1 atom stereocenters. The lowest BCUT2D eigenvalue weighted by Gasteiger charge is -2.29. The van der Waals surface area contributed by atoms with E-state index in [1.807, 2.05) is 0 Å². The van der Waals surface area contributed by atoms with E-state index in [9.17, 15) is 13.2 Å². The number of benzene rings is 1. The van der Waals surface area contributed by atoms with Gasteiger partial charge in [-0.1, -0.05) is 6.07 Å². The van der Waals surface area contributed by atoms with Crippen LogP contribution in [-0.2, 0) is 39.1 Å². The van der Waals surface area contributed by atoms with Crippen molar-refractivity contribution < 1.29 is 17.9 Å². The van der Waals surface area contributed by atoms with Gasteiger partial charge in [0, 0.05) is 26.2 Å². The van der Waals surface area contributed by atoms with Crippen LogP contribution in [0.3, 0.4) is 0 Å². The number of carbonyl (C=O) groups excluding carboxylic acids is 1. The zero-order chi connectivity index (χ0) is 19.6. The van der Waals surface area contributed by atoms with Crippen molar-refractivity contribution in [3.8, 4) is 0 Å². The normalized spacial score (nSPS) is 19.6. The summed E-state index contributed by atoms with van der Waals surface area (Å²) in [5.41, 5.74) is 1.90. The van der Waals surface area contributed by atoms with Crippen molar-refractivity contribution in [1.29, 1.82) is 0 Å². The predicted octanol–water partition coefficient (Wildman–Crippen LogP) is -0.285. The zero-order valence-electron chi connectivity index (χ0n) is 15.3. The van der Waals surface area contributed by atoms with E-state index in [1.54, 1.807) is 23.1 Å². The third-order valence-corrected chi connectivity index (χ3v) is 6.49. The first kappa shape index (κ1) is 19.0. The van der Waals surface area contributed by atoms with Gasteiger partial charge in [-0.2, -0.15) is 0 Å². The Bertz CT molecular complexity index is 941. The van der Waals surface area contributed by atoms with E-state index in [2.05, 4.69) is 20.2 Å². The third kappa shape index (κ3) is 4.21. The minimum Gasteiger partial charge on any atom is -0.377 e. The number of hydrogen-bond donors (Lipinski definition) is 1. The van der Waals surface area contributed by atoms with Crippen molar-refractivity contribution in [2.45, 2.75) is 43.4 Å². The Kier molecular flexibility index (Phi) is 5.38. The van der Waals surface area contributed by atoms with Crippen molar-refractivity contribution in [3.05, 3.63) is 35.7 Å². The van der Waals surface area contributed by atoms with Crippen LogP contribution >= 0.6 is 0 Å². The lowest BCUT2D eigenvalue weighted by molar-refractivity contribution is -0.133. The molecule has 1 fully saturated rings. The van der Waals surface area contributed by atoms with Crippen molar-refractivity contribution in [3.63, 3.8) is 0 Å². The number of nitrogens with one attached hydrogen (secondary N) is 1. The number of carbonyl (C=O) groups is 1. The molecule has 0 radical (unpaired) electrons. The molecule has 28 heavy (non-hydrogen) atoms. The second kappa shape index (κ2) is 7.94. The number of fused-ring (bicyclic) bond motifs is 1. The van der Waals surface area contributed by atoms with E-state index in [0.29, 0.717) is 32.7 Å². The number of tetrazole rings is 1. The van der Waals surface area contributed by atoms with Crippen LogP contribution in [0.15, 0.2) is 29.4 Å². The molecule has 11 heteroatoms. The molecule has 1 aromatic carbocycles. The largest absolute Gasteiger partial charge is 0.377 e. The van der Waals surface area contributed by atoms with Crippen molar-refractivity contribution in [2.75, 3.05) is 19.7 Å². The monoisotopic (exact) mass is 406 g/mol. The summed E-state index contributed by atoms with van der Waals surface area (Å²) < 4.78 is 34.6. The van der Waals surface area contributed by atoms with E-state index in [0.717, 1.165) is 24.0 Å². The van der Waals surface area contributed by atoms with Gasteiger partial charge >= 0.3 is 0 Å². The van der Waals surface area contributed by atoms with Crippen molar-refractivity contribution in [1.82, 2.24) is 29.8 Å². The lowest BCUT2D eigenvalue weighted by atomic mass is 10.00. The highest BCUT2D eigenvalue weighted by atomic mass is 32.2. The first-order chi connectivity index (χ1) is 13.5. The molecule has 2 aliphatic rings. The number of hydrogen-bond acceptors (Lipinski definition) is 7. The van der Waals surface area contributed by atoms with E-state index in [4.69, 9.17) is 4.74 Å². The van der Waals surface area contributed by atoms with Crippen molar-refractivity contribution >= 4 is 15.9 Å². The van der Waals surface area contributed by atoms with Crippen LogP contribution in [0.4, 0.5) is 0 Å². The van der Waals surface area contributed by atoms with E-state index < -0.39 is 10.0 Å². The predicted molar refractivity (Wildman–Crippen MR) is 97.5 cm³/mol. The second-order valence-corrected chi connectivity index (χ2v) is 8.76. The smallest absolute Gasteiger partial charge is 0.244 e. The van der Waals surface area contributed by atoms with E-state index in [1.165, 1.54) is 11.0 Å². The Labute approximate surface area is 162 Å². The molecule has 1 aromatic heterocycles. The summed E-state index contributed by atoms with van der Waals surface area (Å²) in [5.74, 6) is -0.0760. The second-order valence-electron chi connectivity index (χ2n) is 6.99. The lowest BCUT2D eigenvalue weighted by Crippen LogP contribution is -2.38. The fourth-order valence-electron chi connectivity index (χ4n) is 3.49. The van der Waals surface area contributed by atoms with E-state index >= 15 is 0 Å². The zero-order valence-corrected chi connectivity index (χ0v) is 16.1. The average Bonchev–Trinajstić information content (AvgIpc) is 3.39. The van der Waals surface area contributed by atoms with Gasteiger partial charge < -0.3 is 9.64 Å². The Balaban J connectivity index is 1.41. The van der Waals surface area contributed by atoms with Crippen LogP contribution in [0, 0.1) is 0 Å². The minimum absolute atomic E-state index is 0.0489. The summed E-state index contributed by atoms with van der Waals surface area (Å²) in [6.07, 6.45) is 3.80. The van der Waals surface area contributed by atoms with Crippen molar-refractivity contribution in [2.24, 2.45) is 0 Å². The number of rotatable bonds is 6. The molecule has 150 valence electrons. The molecule has 0 saturated carbocycles. The molecule has 2 aliphatic heterocycles. The van der Waals surface area contributed by atoms with Gasteiger partial charge in [-0.3, -0.25) is 4.79 Å². The topological polar surface area (TPSA) is 119 Å². The fraction of sp³-hybridized carbons (Fsp3) is 0.529. The molecule has 2 aromatic rings. The van der Waals surface area contributed by atoms with Crippen LogP contribution in [0.2, 0.25) is 0 Å². The standard InChI is InChI=1S/C17H22N6O4S/c24-17(11-23-12-18-20-21-23)22-6-5-13-8-16(4-3-14(13)10-22)28(25,26)19-9-15-2-1-7-27-15/h3-4,8,12,15,19H,1-2,5-7,9-11H2/t15-/m0/s1. The summed E-state index contributed by atoms with van der Waals surface area (Å²) in [5, 5.41) is 10.7. The van der Waals surface area contributed by atoms with Gasteiger partial charge in [-0.05, 0) is 52.9 Å². The van der Waals surface area contributed by atoms with Gasteiger partial charge in [0.05, 0.1) is 11.0 Å². The molecular weight excluding hydrogens is 384 g/mol. The molecule has 1 N–H and O–H groups in total. The van der Waals surface area contributed by atoms with Crippen LogP contribution in [0.25, 0.3) is 0 Å². The molecule has 1 saturated heterocycles. The Morgan fingerprint density at radius 3 is 2.96 bits per heavy atom. The first-order valence-corrected chi connectivity index (χ1v) is 10.7. The maximum Gasteiger partial charge on any atom is 0.244 e. The van der Waals surface area contributed by atoms with Gasteiger partial charge in [0.25, 0.3) is 0 Å². The first-order valence-electron chi connectivity index (χ1n) is 9.23. The molecular formula is C17H22N6O4S. The molecule has 0 bridgehead atoms. The molecule has 3 heterocycles. The van der Waals surface area contributed by atoms with Gasteiger partial charge in [-0.25, -0.2) is 17.8 Å². The van der Waals surface area contributed by atoms with E-state index in [-0.39, 0.29) is 23.5 Å². The molecule has 0 unspecified atom stereocenters. The quantitative estimate of drug-likeness (QED) is 0.700. The SMILES string of the molecule is O=C(Cn1cnnn1)N1CCc2cc(S(=O)(=O)NC[C@@H]3CCCO3)ccc2C1.